The van der Waals surface area contributed by atoms with Gasteiger partial charge in [0.25, 0.3) is 0 Å². The lowest BCUT2D eigenvalue weighted by Crippen LogP contribution is -2.50. The number of carbonyl (C=O) groups excluding carboxylic acids is 1. The second-order valence-electron chi connectivity index (χ2n) is 7.73. The van der Waals surface area contributed by atoms with E-state index >= 15 is 0 Å². The number of nitrogens with one attached hydrogen (secondary N) is 2. The molecule has 0 unspecified atom stereocenters. The minimum atomic E-state index is -3.79. The Labute approximate surface area is 174 Å². The maximum Gasteiger partial charge on any atom is 0.241 e. The van der Waals surface area contributed by atoms with E-state index in [-0.39, 0.29) is 16.8 Å². The Kier molecular flexibility index (Phi) is 7.83. The Bertz CT molecular complexity index is 862. The van der Waals surface area contributed by atoms with E-state index < -0.39 is 16.1 Å². The minimum Gasteiger partial charge on any atom is -0.352 e. The fourth-order valence-corrected chi connectivity index (χ4v) is 5.01. The zero-order chi connectivity index (χ0) is 20.5. The highest BCUT2D eigenvalue weighted by molar-refractivity contribution is 7.89. The zero-order valence-electron chi connectivity index (χ0n) is 16.7. The third kappa shape index (κ3) is 6.68. The van der Waals surface area contributed by atoms with Gasteiger partial charge in [0.1, 0.15) is 6.04 Å². The summed E-state index contributed by atoms with van der Waals surface area (Å²) in [6.45, 7) is 0. The standard InChI is InChI=1S/C23H30N2O3S/c26-23(24-20-14-8-2-1-3-9-15-20)22(18-19-12-6-4-7-13-19)25-29(27,28)21-16-10-5-11-17-21/h4-7,10-13,16-17,20,22,25H,1-3,8-9,14-15,18H2,(H,24,26)/t22-/m1/s1. The molecule has 1 amide bonds. The molecular weight excluding hydrogens is 384 g/mol. The number of hydrogen-bond acceptors (Lipinski definition) is 3. The fourth-order valence-electron chi connectivity index (χ4n) is 3.79. The Hall–Kier alpha value is -2.18. The van der Waals surface area contributed by atoms with Crippen molar-refractivity contribution in [3.63, 3.8) is 0 Å². The second-order valence-corrected chi connectivity index (χ2v) is 9.44. The van der Waals surface area contributed by atoms with Gasteiger partial charge in [-0.05, 0) is 37.0 Å². The summed E-state index contributed by atoms with van der Waals surface area (Å²) in [6, 6.07) is 17.0. The first-order valence-electron chi connectivity index (χ1n) is 10.5. The molecule has 29 heavy (non-hydrogen) atoms. The Balaban J connectivity index is 1.75. The van der Waals surface area contributed by atoms with Crippen molar-refractivity contribution in [2.75, 3.05) is 0 Å². The maximum absolute atomic E-state index is 13.1. The highest BCUT2D eigenvalue weighted by atomic mass is 32.2. The summed E-state index contributed by atoms with van der Waals surface area (Å²) < 4.78 is 28.3. The van der Waals surface area contributed by atoms with Crippen molar-refractivity contribution in [1.82, 2.24) is 10.0 Å². The molecule has 2 aromatic rings. The SMILES string of the molecule is O=C(NC1CCCCCCC1)[C@@H](Cc1ccccc1)NS(=O)(=O)c1ccccc1. The number of sulfonamides is 1. The third-order valence-electron chi connectivity index (χ3n) is 5.40. The molecule has 0 spiro atoms. The van der Waals surface area contributed by atoms with Crippen molar-refractivity contribution in [3.8, 4) is 0 Å². The van der Waals surface area contributed by atoms with Gasteiger partial charge >= 0.3 is 0 Å². The maximum atomic E-state index is 13.1. The normalized spacial score (nSPS) is 17.1. The van der Waals surface area contributed by atoms with E-state index in [2.05, 4.69) is 10.0 Å². The van der Waals surface area contributed by atoms with Crippen molar-refractivity contribution in [2.24, 2.45) is 0 Å². The van der Waals surface area contributed by atoms with Crippen molar-refractivity contribution in [2.45, 2.75) is 68.3 Å². The summed E-state index contributed by atoms with van der Waals surface area (Å²) in [7, 11) is -3.79. The van der Waals surface area contributed by atoms with Crippen LogP contribution in [0.1, 0.15) is 50.5 Å². The molecule has 0 bridgehead atoms. The van der Waals surface area contributed by atoms with Crippen LogP contribution in [0.25, 0.3) is 0 Å². The molecule has 2 N–H and O–H groups in total. The third-order valence-corrected chi connectivity index (χ3v) is 6.89. The molecule has 0 aliphatic heterocycles. The average molecular weight is 415 g/mol. The first kappa shape index (κ1) is 21.5. The van der Waals surface area contributed by atoms with Crippen LogP contribution in [0.5, 0.6) is 0 Å². The average Bonchev–Trinajstić information content (AvgIpc) is 2.70. The molecule has 6 heteroatoms. The summed E-state index contributed by atoms with van der Waals surface area (Å²) in [5, 5.41) is 3.12. The van der Waals surface area contributed by atoms with Crippen LogP contribution < -0.4 is 10.0 Å². The van der Waals surface area contributed by atoms with E-state index in [1.54, 1.807) is 18.2 Å². The van der Waals surface area contributed by atoms with Gasteiger partial charge in [-0.15, -0.1) is 0 Å². The predicted molar refractivity (Wildman–Crippen MR) is 115 cm³/mol. The Morgan fingerprint density at radius 3 is 2.03 bits per heavy atom. The van der Waals surface area contributed by atoms with Crippen LogP contribution >= 0.6 is 0 Å². The lowest BCUT2D eigenvalue weighted by atomic mass is 9.96. The summed E-state index contributed by atoms with van der Waals surface area (Å²) in [5.74, 6) is -0.251. The predicted octanol–water partition coefficient (Wildman–Crippen LogP) is 3.81. The van der Waals surface area contributed by atoms with Crippen LogP contribution in [-0.4, -0.2) is 26.4 Å². The molecule has 0 radical (unpaired) electrons. The number of hydrogen-bond donors (Lipinski definition) is 2. The van der Waals surface area contributed by atoms with Crippen LogP contribution in [0.2, 0.25) is 0 Å². The summed E-state index contributed by atoms with van der Waals surface area (Å²) >= 11 is 0. The van der Waals surface area contributed by atoms with Crippen molar-refractivity contribution < 1.29 is 13.2 Å². The van der Waals surface area contributed by atoms with E-state index in [4.69, 9.17) is 0 Å². The zero-order valence-corrected chi connectivity index (χ0v) is 17.5. The van der Waals surface area contributed by atoms with Crippen LogP contribution in [0.3, 0.4) is 0 Å². The molecule has 3 rings (SSSR count). The van der Waals surface area contributed by atoms with Gasteiger partial charge in [0, 0.05) is 6.04 Å². The first-order valence-corrected chi connectivity index (χ1v) is 11.9. The summed E-state index contributed by atoms with van der Waals surface area (Å²) in [6.07, 6.45) is 8.07. The molecule has 0 aromatic heterocycles. The molecule has 1 aliphatic rings. The summed E-state index contributed by atoms with van der Waals surface area (Å²) in [4.78, 5) is 13.2. The van der Waals surface area contributed by atoms with Gasteiger partial charge in [0.05, 0.1) is 4.90 Å². The molecule has 0 saturated heterocycles. The van der Waals surface area contributed by atoms with Gasteiger partial charge in [-0.3, -0.25) is 4.79 Å². The molecule has 1 atom stereocenters. The fraction of sp³-hybridized carbons (Fsp3) is 0.435. The van der Waals surface area contributed by atoms with Crippen molar-refractivity contribution in [1.29, 1.82) is 0 Å². The molecule has 5 nitrogen and oxygen atoms in total. The lowest BCUT2D eigenvalue weighted by Gasteiger charge is -2.25. The molecule has 1 aliphatic carbocycles. The van der Waals surface area contributed by atoms with Crippen LogP contribution in [-0.2, 0) is 21.2 Å². The van der Waals surface area contributed by atoms with Crippen molar-refractivity contribution in [3.05, 3.63) is 66.2 Å². The number of benzene rings is 2. The van der Waals surface area contributed by atoms with E-state index in [0.29, 0.717) is 6.42 Å². The van der Waals surface area contributed by atoms with E-state index in [1.165, 1.54) is 31.4 Å². The van der Waals surface area contributed by atoms with Gasteiger partial charge in [0.2, 0.25) is 15.9 Å². The number of amides is 1. The molecule has 1 fully saturated rings. The van der Waals surface area contributed by atoms with Crippen LogP contribution in [0.4, 0.5) is 0 Å². The Morgan fingerprint density at radius 1 is 0.862 bits per heavy atom. The second kappa shape index (κ2) is 10.6. The minimum absolute atomic E-state index is 0.113. The monoisotopic (exact) mass is 414 g/mol. The topological polar surface area (TPSA) is 75.3 Å². The van der Waals surface area contributed by atoms with Gasteiger partial charge in [-0.1, -0.05) is 80.6 Å². The summed E-state index contributed by atoms with van der Waals surface area (Å²) in [5.41, 5.74) is 0.918. The number of rotatable bonds is 7. The van der Waals surface area contributed by atoms with E-state index in [9.17, 15) is 13.2 Å². The largest absolute Gasteiger partial charge is 0.352 e. The molecule has 1 saturated carbocycles. The van der Waals surface area contributed by atoms with Gasteiger partial charge < -0.3 is 5.32 Å². The Morgan fingerprint density at radius 2 is 1.41 bits per heavy atom. The molecular formula is C23H30N2O3S. The van der Waals surface area contributed by atoms with Gasteiger partial charge in [-0.2, -0.15) is 4.72 Å². The van der Waals surface area contributed by atoms with Crippen LogP contribution in [0.15, 0.2) is 65.6 Å². The van der Waals surface area contributed by atoms with Gasteiger partial charge in [0.15, 0.2) is 0 Å². The molecule has 2 aromatic carbocycles. The van der Waals surface area contributed by atoms with E-state index in [0.717, 1.165) is 31.2 Å². The highest BCUT2D eigenvalue weighted by Gasteiger charge is 2.27. The first-order chi connectivity index (χ1) is 14.0. The molecule has 0 heterocycles. The van der Waals surface area contributed by atoms with Crippen LogP contribution in [0, 0.1) is 0 Å². The van der Waals surface area contributed by atoms with Gasteiger partial charge in [-0.25, -0.2) is 8.42 Å². The highest BCUT2D eigenvalue weighted by Crippen LogP contribution is 2.18. The van der Waals surface area contributed by atoms with E-state index in [1.807, 2.05) is 30.3 Å². The number of carbonyl (C=O) groups is 1. The smallest absolute Gasteiger partial charge is 0.241 e. The van der Waals surface area contributed by atoms with Crippen molar-refractivity contribution >= 4 is 15.9 Å². The molecule has 156 valence electrons. The quantitative estimate of drug-likeness (QED) is 0.723. The lowest BCUT2D eigenvalue weighted by molar-refractivity contribution is -0.123.